The van der Waals surface area contributed by atoms with E-state index in [0.29, 0.717) is 5.56 Å². The van der Waals surface area contributed by atoms with Crippen LogP contribution in [-0.4, -0.2) is 24.7 Å². The zero-order valence-electron chi connectivity index (χ0n) is 11.4. The molecule has 2 rings (SSSR count). The van der Waals surface area contributed by atoms with Gasteiger partial charge in [-0.15, -0.1) is 0 Å². The van der Waals surface area contributed by atoms with Crippen LogP contribution in [0.4, 0.5) is 5.69 Å². The number of hydrogen-bond acceptors (Lipinski definition) is 3. The standard InChI is InChI=1S/C15H21NO2/c1-15(2,3)18-14(17)12-6-8-13(9-7-12)16-10-4-5-11-16/h6-9H,4-5,10-11H2,1-3H3. The summed E-state index contributed by atoms with van der Waals surface area (Å²) in [7, 11) is 0. The van der Waals surface area contributed by atoms with Crippen molar-refractivity contribution in [3.05, 3.63) is 29.8 Å². The van der Waals surface area contributed by atoms with Gasteiger partial charge in [0.15, 0.2) is 0 Å². The van der Waals surface area contributed by atoms with Crippen LogP contribution in [0, 0.1) is 0 Å². The molecule has 0 atom stereocenters. The monoisotopic (exact) mass is 247 g/mol. The van der Waals surface area contributed by atoms with Crippen LogP contribution >= 0.6 is 0 Å². The Labute approximate surface area is 109 Å². The predicted molar refractivity (Wildman–Crippen MR) is 73.1 cm³/mol. The van der Waals surface area contributed by atoms with Gasteiger partial charge in [-0.2, -0.15) is 0 Å². The smallest absolute Gasteiger partial charge is 0.338 e. The van der Waals surface area contributed by atoms with Crippen molar-refractivity contribution in [2.45, 2.75) is 39.2 Å². The highest BCUT2D eigenvalue weighted by Gasteiger charge is 2.18. The molecule has 0 aliphatic carbocycles. The van der Waals surface area contributed by atoms with E-state index >= 15 is 0 Å². The van der Waals surface area contributed by atoms with Crippen LogP contribution in [0.1, 0.15) is 44.0 Å². The van der Waals surface area contributed by atoms with Crippen molar-refractivity contribution in [1.82, 2.24) is 0 Å². The molecule has 1 aliphatic heterocycles. The van der Waals surface area contributed by atoms with Gasteiger partial charge in [-0.25, -0.2) is 4.79 Å². The SMILES string of the molecule is CC(C)(C)OC(=O)c1ccc(N2CCCC2)cc1. The van der Waals surface area contributed by atoms with Gasteiger partial charge in [0.1, 0.15) is 5.60 Å². The fourth-order valence-electron chi connectivity index (χ4n) is 2.12. The summed E-state index contributed by atoms with van der Waals surface area (Å²) < 4.78 is 5.34. The van der Waals surface area contributed by atoms with Crippen LogP contribution in [0.15, 0.2) is 24.3 Å². The minimum Gasteiger partial charge on any atom is -0.456 e. The van der Waals surface area contributed by atoms with Gasteiger partial charge in [0.05, 0.1) is 5.56 Å². The number of carbonyl (C=O) groups is 1. The Balaban J connectivity index is 2.05. The minimum absolute atomic E-state index is 0.254. The van der Waals surface area contributed by atoms with Crippen molar-refractivity contribution in [3.63, 3.8) is 0 Å². The molecule has 0 amide bonds. The lowest BCUT2D eigenvalue weighted by Gasteiger charge is -2.20. The third-order valence-electron chi connectivity index (χ3n) is 2.97. The van der Waals surface area contributed by atoms with E-state index in [4.69, 9.17) is 4.74 Å². The summed E-state index contributed by atoms with van der Waals surface area (Å²) >= 11 is 0. The molecule has 0 radical (unpaired) electrons. The van der Waals surface area contributed by atoms with Crippen LogP contribution in [0.2, 0.25) is 0 Å². The highest BCUT2D eigenvalue weighted by atomic mass is 16.6. The van der Waals surface area contributed by atoms with Gasteiger partial charge < -0.3 is 9.64 Å². The first kappa shape index (κ1) is 12.9. The number of ether oxygens (including phenoxy) is 1. The van der Waals surface area contributed by atoms with Crippen molar-refractivity contribution < 1.29 is 9.53 Å². The van der Waals surface area contributed by atoms with Gasteiger partial charge in [-0.3, -0.25) is 0 Å². The molecule has 0 unspecified atom stereocenters. The number of anilines is 1. The maximum absolute atomic E-state index is 11.9. The van der Waals surface area contributed by atoms with E-state index in [1.54, 1.807) is 0 Å². The number of nitrogens with zero attached hydrogens (tertiary/aromatic N) is 1. The van der Waals surface area contributed by atoms with Crippen molar-refractivity contribution in [2.75, 3.05) is 18.0 Å². The van der Waals surface area contributed by atoms with Crippen molar-refractivity contribution >= 4 is 11.7 Å². The molecule has 98 valence electrons. The third-order valence-corrected chi connectivity index (χ3v) is 2.97. The molecule has 3 nitrogen and oxygen atoms in total. The van der Waals surface area contributed by atoms with Crippen molar-refractivity contribution in [1.29, 1.82) is 0 Å². The Kier molecular flexibility index (Phi) is 3.60. The molecule has 0 aromatic heterocycles. The molecule has 1 fully saturated rings. The summed E-state index contributed by atoms with van der Waals surface area (Å²) in [6, 6.07) is 7.71. The molecule has 1 aliphatic rings. The number of carbonyl (C=O) groups excluding carboxylic acids is 1. The summed E-state index contributed by atoms with van der Waals surface area (Å²) in [5.41, 5.74) is 1.37. The number of hydrogen-bond donors (Lipinski definition) is 0. The Bertz CT molecular complexity index is 411. The van der Waals surface area contributed by atoms with E-state index in [0.717, 1.165) is 13.1 Å². The van der Waals surface area contributed by atoms with Crippen LogP contribution in [-0.2, 0) is 4.74 Å². The minimum atomic E-state index is -0.440. The highest BCUT2D eigenvalue weighted by Crippen LogP contribution is 2.21. The first-order chi connectivity index (χ1) is 8.46. The number of rotatable bonds is 2. The number of esters is 1. The molecule has 0 bridgehead atoms. The summed E-state index contributed by atoms with van der Waals surface area (Å²) in [4.78, 5) is 14.2. The van der Waals surface area contributed by atoms with Crippen LogP contribution < -0.4 is 4.90 Å². The second-order valence-electron chi connectivity index (χ2n) is 5.74. The summed E-state index contributed by atoms with van der Waals surface area (Å²) in [5.74, 6) is -0.254. The van der Waals surface area contributed by atoms with Crippen LogP contribution in [0.3, 0.4) is 0 Å². The zero-order valence-corrected chi connectivity index (χ0v) is 11.4. The average Bonchev–Trinajstić information content (AvgIpc) is 2.80. The van der Waals surface area contributed by atoms with Gasteiger partial charge in [-0.1, -0.05) is 0 Å². The van der Waals surface area contributed by atoms with Gasteiger partial charge in [-0.05, 0) is 57.9 Å². The molecule has 1 heterocycles. The molecule has 1 aromatic carbocycles. The van der Waals surface area contributed by atoms with Gasteiger partial charge >= 0.3 is 5.97 Å². The molecule has 1 saturated heterocycles. The molecule has 18 heavy (non-hydrogen) atoms. The average molecular weight is 247 g/mol. The highest BCUT2D eigenvalue weighted by molar-refractivity contribution is 5.90. The lowest BCUT2D eigenvalue weighted by Crippen LogP contribution is -2.24. The van der Waals surface area contributed by atoms with Gasteiger partial charge in [0.25, 0.3) is 0 Å². The van der Waals surface area contributed by atoms with Crippen LogP contribution in [0.5, 0.6) is 0 Å². The fourth-order valence-corrected chi connectivity index (χ4v) is 2.12. The Morgan fingerprint density at radius 3 is 2.17 bits per heavy atom. The second kappa shape index (κ2) is 5.01. The molecular formula is C15H21NO2. The topological polar surface area (TPSA) is 29.5 Å². The Morgan fingerprint density at radius 2 is 1.67 bits per heavy atom. The van der Waals surface area contributed by atoms with Crippen LogP contribution in [0.25, 0.3) is 0 Å². The van der Waals surface area contributed by atoms with E-state index in [-0.39, 0.29) is 5.97 Å². The first-order valence-corrected chi connectivity index (χ1v) is 6.54. The van der Waals surface area contributed by atoms with Gasteiger partial charge in [0.2, 0.25) is 0 Å². The normalized spacial score (nSPS) is 15.8. The van der Waals surface area contributed by atoms with E-state index in [1.165, 1.54) is 18.5 Å². The lowest BCUT2D eigenvalue weighted by molar-refractivity contribution is 0.00696. The summed E-state index contributed by atoms with van der Waals surface area (Å²) in [6.07, 6.45) is 2.52. The maximum Gasteiger partial charge on any atom is 0.338 e. The Morgan fingerprint density at radius 1 is 1.11 bits per heavy atom. The maximum atomic E-state index is 11.9. The molecule has 3 heteroatoms. The fraction of sp³-hybridized carbons (Fsp3) is 0.533. The Hall–Kier alpha value is -1.51. The summed E-state index contributed by atoms with van der Waals surface area (Å²) in [6.45, 7) is 7.87. The van der Waals surface area contributed by atoms with E-state index in [1.807, 2.05) is 45.0 Å². The molecule has 1 aromatic rings. The quantitative estimate of drug-likeness (QED) is 0.751. The van der Waals surface area contributed by atoms with Crippen molar-refractivity contribution in [3.8, 4) is 0 Å². The lowest BCUT2D eigenvalue weighted by atomic mass is 10.1. The van der Waals surface area contributed by atoms with E-state index < -0.39 is 5.60 Å². The molecule has 0 saturated carbocycles. The molecular weight excluding hydrogens is 226 g/mol. The molecule has 0 spiro atoms. The zero-order chi connectivity index (χ0) is 13.2. The van der Waals surface area contributed by atoms with Gasteiger partial charge in [0, 0.05) is 18.8 Å². The largest absolute Gasteiger partial charge is 0.456 e. The second-order valence-corrected chi connectivity index (χ2v) is 5.74. The molecule has 0 N–H and O–H groups in total. The van der Waals surface area contributed by atoms with Crippen molar-refractivity contribution in [2.24, 2.45) is 0 Å². The number of benzene rings is 1. The third kappa shape index (κ3) is 3.25. The summed E-state index contributed by atoms with van der Waals surface area (Å²) in [5, 5.41) is 0. The predicted octanol–water partition coefficient (Wildman–Crippen LogP) is 3.24. The van der Waals surface area contributed by atoms with E-state index in [9.17, 15) is 4.79 Å². The first-order valence-electron chi connectivity index (χ1n) is 6.54. The van der Waals surface area contributed by atoms with E-state index in [2.05, 4.69) is 4.90 Å².